The number of rotatable bonds is 8. The van der Waals surface area contributed by atoms with E-state index in [1.807, 2.05) is 60.7 Å². The van der Waals surface area contributed by atoms with Gasteiger partial charge in [-0.1, -0.05) is 91.9 Å². The van der Waals surface area contributed by atoms with Gasteiger partial charge >= 0.3 is 0 Å². The number of amides is 1. The molecule has 0 fully saturated rings. The normalized spacial score (nSPS) is 12.6. The number of sulfonamides is 1. The van der Waals surface area contributed by atoms with Gasteiger partial charge in [-0.25, -0.2) is 13.1 Å². The summed E-state index contributed by atoms with van der Waals surface area (Å²) in [7, 11) is -3.65. The monoisotopic (exact) mass is 459 g/mol. The Hall–Kier alpha value is -3.44. The van der Waals surface area contributed by atoms with Gasteiger partial charge in [0, 0.05) is 6.08 Å². The molecule has 33 heavy (non-hydrogen) atoms. The molecule has 0 aliphatic carbocycles. The summed E-state index contributed by atoms with van der Waals surface area (Å²) in [6, 6.07) is 28.6. The quantitative estimate of drug-likeness (QED) is 0.336. The SMILES string of the molecule is CC/C(=C(\c1ccccc1)c1ccc(/C=C/C(=O)NS(=O)(=O)C(C)C)cc1)c1ccccc1. The standard InChI is InChI=1S/C28H29NO3S/c1-4-26(23-11-7-5-8-12-23)28(24-13-9-6-10-14-24)25-18-15-22(16-19-25)17-20-27(30)29-33(31,32)21(2)3/h5-21H,4H2,1-3H3,(H,29,30)/b20-17+,28-26-. The van der Waals surface area contributed by atoms with Gasteiger partial charge in [0.05, 0.1) is 5.25 Å². The van der Waals surface area contributed by atoms with Crippen molar-refractivity contribution >= 4 is 33.2 Å². The molecule has 0 aliphatic rings. The molecular weight excluding hydrogens is 430 g/mol. The van der Waals surface area contributed by atoms with Gasteiger partial charge in [-0.2, -0.15) is 0 Å². The maximum Gasteiger partial charge on any atom is 0.257 e. The van der Waals surface area contributed by atoms with Crippen LogP contribution in [0.4, 0.5) is 0 Å². The lowest BCUT2D eigenvalue weighted by molar-refractivity contribution is -0.114. The van der Waals surface area contributed by atoms with Gasteiger partial charge in [-0.05, 0) is 59.7 Å². The van der Waals surface area contributed by atoms with Crippen molar-refractivity contribution in [2.75, 3.05) is 0 Å². The summed E-state index contributed by atoms with van der Waals surface area (Å²) in [4.78, 5) is 12.0. The van der Waals surface area contributed by atoms with Crippen LogP contribution in [0, 0.1) is 0 Å². The van der Waals surface area contributed by atoms with E-state index >= 15 is 0 Å². The Balaban J connectivity index is 1.94. The van der Waals surface area contributed by atoms with E-state index < -0.39 is 21.2 Å². The lowest BCUT2D eigenvalue weighted by atomic mass is 9.88. The van der Waals surface area contributed by atoms with Crippen molar-refractivity contribution in [3.8, 4) is 0 Å². The Labute approximate surface area is 196 Å². The van der Waals surface area contributed by atoms with Crippen molar-refractivity contribution in [2.45, 2.75) is 32.4 Å². The van der Waals surface area contributed by atoms with Gasteiger partial charge in [-0.3, -0.25) is 4.79 Å². The second kappa shape index (κ2) is 10.9. The molecule has 0 bridgehead atoms. The molecule has 3 rings (SSSR count). The van der Waals surface area contributed by atoms with Crippen LogP contribution in [0.5, 0.6) is 0 Å². The van der Waals surface area contributed by atoms with Crippen molar-refractivity contribution in [1.82, 2.24) is 4.72 Å². The molecule has 3 aromatic carbocycles. The van der Waals surface area contributed by atoms with Crippen molar-refractivity contribution < 1.29 is 13.2 Å². The number of carbonyl (C=O) groups is 1. The summed E-state index contributed by atoms with van der Waals surface area (Å²) in [5.41, 5.74) is 6.63. The number of hydrogen-bond acceptors (Lipinski definition) is 3. The van der Waals surface area contributed by atoms with E-state index in [-0.39, 0.29) is 0 Å². The molecule has 0 spiro atoms. The molecule has 1 N–H and O–H groups in total. The van der Waals surface area contributed by atoms with E-state index in [0.717, 1.165) is 23.1 Å². The van der Waals surface area contributed by atoms with E-state index in [0.29, 0.717) is 0 Å². The third kappa shape index (κ3) is 6.30. The van der Waals surface area contributed by atoms with Crippen molar-refractivity contribution in [2.24, 2.45) is 0 Å². The predicted molar refractivity (Wildman–Crippen MR) is 137 cm³/mol. The van der Waals surface area contributed by atoms with Gasteiger partial charge in [-0.15, -0.1) is 0 Å². The largest absolute Gasteiger partial charge is 0.269 e. The summed E-state index contributed by atoms with van der Waals surface area (Å²) in [6.07, 6.45) is 3.73. The van der Waals surface area contributed by atoms with E-state index in [2.05, 4.69) is 35.9 Å². The Bertz CT molecular complexity index is 1240. The van der Waals surface area contributed by atoms with Crippen LogP contribution in [0.3, 0.4) is 0 Å². The average Bonchev–Trinajstić information content (AvgIpc) is 2.82. The first-order valence-corrected chi connectivity index (χ1v) is 12.5. The molecule has 0 saturated heterocycles. The van der Waals surface area contributed by atoms with Crippen LogP contribution in [-0.2, 0) is 14.8 Å². The Kier molecular flexibility index (Phi) is 8.01. The number of carbonyl (C=O) groups excluding carboxylic acids is 1. The molecule has 3 aromatic rings. The highest BCUT2D eigenvalue weighted by atomic mass is 32.2. The van der Waals surface area contributed by atoms with E-state index in [1.54, 1.807) is 6.08 Å². The highest BCUT2D eigenvalue weighted by Crippen LogP contribution is 2.34. The van der Waals surface area contributed by atoms with Crippen LogP contribution in [0.1, 0.15) is 49.4 Å². The minimum Gasteiger partial charge on any atom is -0.269 e. The summed E-state index contributed by atoms with van der Waals surface area (Å²) in [5.74, 6) is -0.657. The average molecular weight is 460 g/mol. The molecule has 170 valence electrons. The lowest BCUT2D eigenvalue weighted by Crippen LogP contribution is -2.34. The fourth-order valence-electron chi connectivity index (χ4n) is 3.51. The molecule has 0 atom stereocenters. The molecule has 0 heterocycles. The molecule has 5 heteroatoms. The first-order chi connectivity index (χ1) is 15.8. The lowest BCUT2D eigenvalue weighted by Gasteiger charge is -2.16. The zero-order chi connectivity index (χ0) is 23.8. The van der Waals surface area contributed by atoms with E-state index in [1.165, 1.54) is 36.6 Å². The smallest absolute Gasteiger partial charge is 0.257 e. The van der Waals surface area contributed by atoms with Crippen LogP contribution in [-0.4, -0.2) is 19.6 Å². The minimum absolute atomic E-state index is 0.657. The summed E-state index contributed by atoms with van der Waals surface area (Å²) < 4.78 is 25.7. The van der Waals surface area contributed by atoms with E-state index in [4.69, 9.17) is 0 Å². The third-order valence-corrected chi connectivity index (χ3v) is 7.06. The minimum atomic E-state index is -3.65. The highest BCUT2D eigenvalue weighted by molar-refractivity contribution is 7.90. The summed E-state index contributed by atoms with van der Waals surface area (Å²) in [6.45, 7) is 5.21. The maximum atomic E-state index is 12.0. The van der Waals surface area contributed by atoms with Crippen molar-refractivity contribution in [3.05, 3.63) is 113 Å². The molecule has 0 aliphatic heterocycles. The Morgan fingerprint density at radius 3 is 1.85 bits per heavy atom. The van der Waals surface area contributed by atoms with Crippen molar-refractivity contribution in [3.63, 3.8) is 0 Å². The van der Waals surface area contributed by atoms with Crippen LogP contribution in [0.2, 0.25) is 0 Å². The van der Waals surface area contributed by atoms with Crippen LogP contribution in [0.25, 0.3) is 17.2 Å². The number of hydrogen-bond donors (Lipinski definition) is 1. The van der Waals surface area contributed by atoms with Gasteiger partial charge in [0.25, 0.3) is 5.91 Å². The van der Waals surface area contributed by atoms with Crippen LogP contribution >= 0.6 is 0 Å². The van der Waals surface area contributed by atoms with Crippen LogP contribution < -0.4 is 4.72 Å². The molecule has 1 amide bonds. The first-order valence-electron chi connectivity index (χ1n) is 11.0. The second-order valence-corrected chi connectivity index (χ2v) is 10.2. The third-order valence-electron chi connectivity index (χ3n) is 5.33. The summed E-state index contributed by atoms with van der Waals surface area (Å²) in [5, 5.41) is -0.672. The van der Waals surface area contributed by atoms with Gasteiger partial charge in [0.2, 0.25) is 10.0 Å². The highest BCUT2D eigenvalue weighted by Gasteiger charge is 2.17. The van der Waals surface area contributed by atoms with Crippen LogP contribution in [0.15, 0.2) is 91.0 Å². The molecular formula is C28H29NO3S. The topological polar surface area (TPSA) is 63.2 Å². The molecule has 0 unspecified atom stereocenters. The number of allylic oxidation sites excluding steroid dienone is 1. The molecule has 0 radical (unpaired) electrons. The second-order valence-electron chi connectivity index (χ2n) is 7.95. The Morgan fingerprint density at radius 2 is 1.33 bits per heavy atom. The zero-order valence-corrected chi connectivity index (χ0v) is 20.0. The van der Waals surface area contributed by atoms with Gasteiger partial charge in [0.1, 0.15) is 0 Å². The molecule has 0 aromatic heterocycles. The van der Waals surface area contributed by atoms with Crippen molar-refractivity contribution in [1.29, 1.82) is 0 Å². The van der Waals surface area contributed by atoms with Gasteiger partial charge in [0.15, 0.2) is 0 Å². The maximum absolute atomic E-state index is 12.0. The number of benzene rings is 3. The predicted octanol–water partition coefficient (Wildman–Crippen LogP) is 5.92. The molecule has 4 nitrogen and oxygen atoms in total. The number of nitrogens with one attached hydrogen (secondary N) is 1. The fourth-order valence-corrected chi connectivity index (χ4v) is 4.09. The fraction of sp³-hybridized carbons (Fsp3) is 0.179. The Morgan fingerprint density at radius 1 is 0.818 bits per heavy atom. The van der Waals surface area contributed by atoms with E-state index in [9.17, 15) is 13.2 Å². The van der Waals surface area contributed by atoms with Gasteiger partial charge < -0.3 is 0 Å². The first kappa shape index (κ1) is 24.2. The zero-order valence-electron chi connectivity index (χ0n) is 19.2. The molecule has 0 saturated carbocycles. The summed E-state index contributed by atoms with van der Waals surface area (Å²) >= 11 is 0.